The molecule has 0 amide bonds. The average molecular weight is 268 g/mol. The summed E-state index contributed by atoms with van der Waals surface area (Å²) in [4.78, 5) is 11.2. The van der Waals surface area contributed by atoms with E-state index < -0.39 is 0 Å². The Balaban J connectivity index is 1.67. The van der Waals surface area contributed by atoms with Crippen LogP contribution < -0.4 is 10.2 Å². The van der Waals surface area contributed by atoms with E-state index in [1.165, 1.54) is 12.0 Å². The SMILES string of the molecule is CNCc1cnc(N2CCC(c3ccccc3)C2)nc1. The van der Waals surface area contributed by atoms with Crippen LogP contribution in [-0.2, 0) is 6.54 Å². The highest BCUT2D eigenvalue weighted by Crippen LogP contribution is 2.28. The monoisotopic (exact) mass is 268 g/mol. The Hall–Kier alpha value is -1.94. The van der Waals surface area contributed by atoms with E-state index in [4.69, 9.17) is 0 Å². The fourth-order valence-corrected chi connectivity index (χ4v) is 2.75. The molecule has 2 aromatic rings. The van der Waals surface area contributed by atoms with Crippen LogP contribution in [0.25, 0.3) is 0 Å². The molecule has 1 saturated heterocycles. The van der Waals surface area contributed by atoms with E-state index in [2.05, 4.69) is 50.5 Å². The number of benzene rings is 1. The lowest BCUT2D eigenvalue weighted by molar-refractivity contribution is 0.771. The van der Waals surface area contributed by atoms with Gasteiger partial charge in [-0.1, -0.05) is 30.3 Å². The zero-order chi connectivity index (χ0) is 13.8. The third-order valence-electron chi connectivity index (χ3n) is 3.81. The minimum absolute atomic E-state index is 0.594. The van der Waals surface area contributed by atoms with Crippen molar-refractivity contribution in [3.05, 3.63) is 53.9 Å². The normalized spacial score (nSPS) is 18.4. The molecule has 0 radical (unpaired) electrons. The Morgan fingerprint density at radius 2 is 1.95 bits per heavy atom. The second-order valence-corrected chi connectivity index (χ2v) is 5.26. The number of hydrogen-bond acceptors (Lipinski definition) is 4. The molecule has 0 aliphatic carbocycles. The van der Waals surface area contributed by atoms with Gasteiger partial charge in [0, 0.05) is 43.5 Å². The third kappa shape index (κ3) is 2.80. The van der Waals surface area contributed by atoms with E-state index >= 15 is 0 Å². The summed E-state index contributed by atoms with van der Waals surface area (Å²) in [5.74, 6) is 1.44. The molecule has 4 heteroatoms. The molecule has 2 heterocycles. The Kier molecular flexibility index (Phi) is 3.92. The Labute approximate surface area is 119 Å². The summed E-state index contributed by atoms with van der Waals surface area (Å²) in [5.41, 5.74) is 2.54. The summed E-state index contributed by atoms with van der Waals surface area (Å²) in [5, 5.41) is 3.11. The van der Waals surface area contributed by atoms with Crippen LogP contribution in [-0.4, -0.2) is 30.1 Å². The first-order chi connectivity index (χ1) is 9.86. The number of aromatic nitrogens is 2. The van der Waals surface area contributed by atoms with Gasteiger partial charge in [-0.3, -0.25) is 0 Å². The Morgan fingerprint density at radius 1 is 1.20 bits per heavy atom. The molecule has 1 aromatic heterocycles. The third-order valence-corrected chi connectivity index (χ3v) is 3.81. The first-order valence-electron chi connectivity index (χ1n) is 7.12. The molecule has 1 aliphatic heterocycles. The van der Waals surface area contributed by atoms with Gasteiger partial charge in [0.1, 0.15) is 0 Å². The molecule has 4 nitrogen and oxygen atoms in total. The van der Waals surface area contributed by atoms with Gasteiger partial charge in [0.2, 0.25) is 5.95 Å². The van der Waals surface area contributed by atoms with Crippen molar-refractivity contribution in [3.8, 4) is 0 Å². The summed E-state index contributed by atoms with van der Waals surface area (Å²) >= 11 is 0. The Bertz CT molecular complexity index is 538. The first kappa shape index (κ1) is 13.1. The average Bonchev–Trinajstić information content (AvgIpc) is 2.99. The van der Waals surface area contributed by atoms with Crippen molar-refractivity contribution in [3.63, 3.8) is 0 Å². The van der Waals surface area contributed by atoms with Crippen LogP contribution in [0.4, 0.5) is 5.95 Å². The van der Waals surface area contributed by atoms with Crippen molar-refractivity contribution in [2.24, 2.45) is 0 Å². The second-order valence-electron chi connectivity index (χ2n) is 5.26. The lowest BCUT2D eigenvalue weighted by Crippen LogP contribution is -2.22. The molecule has 1 N–H and O–H groups in total. The van der Waals surface area contributed by atoms with Crippen LogP contribution in [0.3, 0.4) is 0 Å². The summed E-state index contributed by atoms with van der Waals surface area (Å²) in [6, 6.07) is 10.7. The summed E-state index contributed by atoms with van der Waals surface area (Å²) in [6.45, 7) is 2.85. The van der Waals surface area contributed by atoms with Crippen molar-refractivity contribution in [1.29, 1.82) is 0 Å². The first-order valence-corrected chi connectivity index (χ1v) is 7.12. The number of nitrogens with one attached hydrogen (secondary N) is 1. The highest BCUT2D eigenvalue weighted by Gasteiger charge is 2.25. The zero-order valence-electron chi connectivity index (χ0n) is 11.8. The van der Waals surface area contributed by atoms with Crippen molar-refractivity contribution >= 4 is 5.95 Å². The van der Waals surface area contributed by atoms with E-state index in [9.17, 15) is 0 Å². The molecule has 104 valence electrons. The van der Waals surface area contributed by atoms with Gasteiger partial charge in [0.15, 0.2) is 0 Å². The fraction of sp³-hybridized carbons (Fsp3) is 0.375. The lowest BCUT2D eigenvalue weighted by atomic mass is 9.99. The van der Waals surface area contributed by atoms with E-state index in [1.807, 2.05) is 19.4 Å². The number of nitrogens with zero attached hydrogens (tertiary/aromatic N) is 3. The minimum atomic E-state index is 0.594. The number of anilines is 1. The molecule has 3 rings (SSSR count). The van der Waals surface area contributed by atoms with Crippen molar-refractivity contribution in [1.82, 2.24) is 15.3 Å². The van der Waals surface area contributed by atoms with Gasteiger partial charge < -0.3 is 10.2 Å². The second kappa shape index (κ2) is 6.01. The predicted octanol–water partition coefficient (Wildman–Crippen LogP) is 2.19. The molecular weight excluding hydrogens is 248 g/mol. The van der Waals surface area contributed by atoms with Crippen LogP contribution in [0.5, 0.6) is 0 Å². The zero-order valence-corrected chi connectivity index (χ0v) is 11.8. The lowest BCUT2D eigenvalue weighted by Gasteiger charge is -2.16. The molecule has 1 fully saturated rings. The standard InChI is InChI=1S/C16H20N4/c1-17-9-13-10-18-16(19-11-13)20-8-7-15(12-20)14-5-3-2-4-6-14/h2-6,10-11,15,17H,7-9,12H2,1H3. The van der Waals surface area contributed by atoms with Crippen LogP contribution in [0, 0.1) is 0 Å². The van der Waals surface area contributed by atoms with E-state index in [-0.39, 0.29) is 0 Å². The molecule has 20 heavy (non-hydrogen) atoms. The smallest absolute Gasteiger partial charge is 0.225 e. The molecule has 1 aromatic carbocycles. The molecule has 0 bridgehead atoms. The molecule has 1 atom stereocenters. The van der Waals surface area contributed by atoms with Gasteiger partial charge in [-0.15, -0.1) is 0 Å². The molecule has 1 unspecified atom stereocenters. The van der Waals surface area contributed by atoms with Crippen molar-refractivity contribution in [2.75, 3.05) is 25.0 Å². The van der Waals surface area contributed by atoms with Gasteiger partial charge in [-0.2, -0.15) is 0 Å². The summed E-state index contributed by atoms with van der Waals surface area (Å²) < 4.78 is 0. The van der Waals surface area contributed by atoms with E-state index in [1.54, 1.807) is 0 Å². The topological polar surface area (TPSA) is 41.1 Å². The number of rotatable bonds is 4. The highest BCUT2D eigenvalue weighted by molar-refractivity contribution is 5.35. The maximum Gasteiger partial charge on any atom is 0.225 e. The maximum absolute atomic E-state index is 4.48. The molecule has 0 saturated carbocycles. The highest BCUT2D eigenvalue weighted by atomic mass is 15.3. The van der Waals surface area contributed by atoms with Crippen molar-refractivity contribution < 1.29 is 0 Å². The van der Waals surface area contributed by atoms with Crippen LogP contribution in [0.15, 0.2) is 42.7 Å². The predicted molar refractivity (Wildman–Crippen MR) is 80.8 cm³/mol. The molecular formula is C16H20N4. The summed E-state index contributed by atoms with van der Waals surface area (Å²) in [7, 11) is 1.93. The largest absolute Gasteiger partial charge is 0.340 e. The van der Waals surface area contributed by atoms with Gasteiger partial charge >= 0.3 is 0 Å². The van der Waals surface area contributed by atoms with Crippen LogP contribution in [0.1, 0.15) is 23.5 Å². The van der Waals surface area contributed by atoms with Gasteiger partial charge in [-0.05, 0) is 19.0 Å². The quantitative estimate of drug-likeness (QED) is 0.923. The van der Waals surface area contributed by atoms with Gasteiger partial charge in [-0.25, -0.2) is 9.97 Å². The Morgan fingerprint density at radius 3 is 2.65 bits per heavy atom. The van der Waals surface area contributed by atoms with Crippen LogP contribution >= 0.6 is 0 Å². The number of hydrogen-bond donors (Lipinski definition) is 1. The molecule has 0 spiro atoms. The minimum Gasteiger partial charge on any atom is -0.340 e. The van der Waals surface area contributed by atoms with Gasteiger partial charge in [0.05, 0.1) is 0 Å². The fourth-order valence-electron chi connectivity index (χ4n) is 2.75. The maximum atomic E-state index is 4.48. The summed E-state index contributed by atoms with van der Waals surface area (Å²) in [6.07, 6.45) is 5.00. The van der Waals surface area contributed by atoms with E-state index in [0.29, 0.717) is 5.92 Å². The van der Waals surface area contributed by atoms with Crippen LogP contribution in [0.2, 0.25) is 0 Å². The van der Waals surface area contributed by atoms with Crippen molar-refractivity contribution in [2.45, 2.75) is 18.9 Å². The van der Waals surface area contributed by atoms with E-state index in [0.717, 1.165) is 31.1 Å². The molecule has 1 aliphatic rings. The van der Waals surface area contributed by atoms with Gasteiger partial charge in [0.25, 0.3) is 0 Å².